The molecule has 0 radical (unpaired) electrons. The van der Waals surface area contributed by atoms with E-state index in [9.17, 15) is 9.90 Å². The third kappa shape index (κ3) is 5.75. The molecule has 106 valence electrons. The van der Waals surface area contributed by atoms with Crippen LogP contribution in [0, 0.1) is 0 Å². The average molecular weight is 265 g/mol. The predicted molar refractivity (Wildman–Crippen MR) is 76.4 cm³/mol. The van der Waals surface area contributed by atoms with Crippen molar-refractivity contribution in [1.82, 2.24) is 0 Å². The Balaban J connectivity index is 2.71. The summed E-state index contributed by atoms with van der Waals surface area (Å²) in [6.45, 7) is 4.89. The minimum Gasteiger partial charge on any atom is -0.481 e. The number of hydrogen-bond acceptors (Lipinski definition) is 3. The van der Waals surface area contributed by atoms with Crippen LogP contribution in [0.15, 0.2) is 30.3 Å². The van der Waals surface area contributed by atoms with Crippen molar-refractivity contribution in [2.45, 2.75) is 38.7 Å². The number of carboxylic acid groups (broad SMARTS) is 1. The Labute approximate surface area is 114 Å². The standard InChI is InChI=1S/C15H23NO3/c1-3-15(2,19)12-16(11-7-10-14(17)18)13-8-5-4-6-9-13/h4-6,8-9,19H,3,7,10-12H2,1-2H3,(H,17,18). The molecule has 0 aliphatic carbocycles. The molecule has 1 rings (SSSR count). The Morgan fingerprint density at radius 1 is 1.32 bits per heavy atom. The number of rotatable bonds is 8. The van der Waals surface area contributed by atoms with E-state index >= 15 is 0 Å². The van der Waals surface area contributed by atoms with Gasteiger partial charge in [-0.25, -0.2) is 0 Å². The highest BCUT2D eigenvalue weighted by molar-refractivity contribution is 5.66. The molecule has 0 fully saturated rings. The molecule has 1 atom stereocenters. The van der Waals surface area contributed by atoms with Gasteiger partial charge in [0.15, 0.2) is 0 Å². The first kappa shape index (κ1) is 15.5. The van der Waals surface area contributed by atoms with Gasteiger partial charge in [0, 0.05) is 25.2 Å². The molecular formula is C15H23NO3. The molecule has 0 amide bonds. The number of carbonyl (C=O) groups is 1. The van der Waals surface area contributed by atoms with Crippen molar-refractivity contribution in [2.75, 3.05) is 18.0 Å². The lowest BCUT2D eigenvalue weighted by Crippen LogP contribution is -2.41. The lowest BCUT2D eigenvalue weighted by Gasteiger charge is -2.32. The molecule has 1 aromatic carbocycles. The number of aliphatic carboxylic acids is 1. The molecule has 0 aliphatic rings. The number of anilines is 1. The number of para-hydroxylation sites is 1. The summed E-state index contributed by atoms with van der Waals surface area (Å²) >= 11 is 0. The van der Waals surface area contributed by atoms with Crippen LogP contribution in [-0.2, 0) is 4.79 Å². The van der Waals surface area contributed by atoms with Crippen LogP contribution in [0.25, 0.3) is 0 Å². The molecule has 0 spiro atoms. The first-order valence-electron chi connectivity index (χ1n) is 6.69. The molecule has 0 heterocycles. The second-order valence-corrected chi connectivity index (χ2v) is 5.10. The van der Waals surface area contributed by atoms with E-state index in [2.05, 4.69) is 0 Å². The lowest BCUT2D eigenvalue weighted by molar-refractivity contribution is -0.137. The quantitative estimate of drug-likeness (QED) is 0.758. The van der Waals surface area contributed by atoms with Gasteiger partial charge in [-0.15, -0.1) is 0 Å². The topological polar surface area (TPSA) is 60.8 Å². The molecular weight excluding hydrogens is 242 g/mol. The Kier molecular flexibility index (Phi) is 5.83. The van der Waals surface area contributed by atoms with E-state index in [1.807, 2.05) is 42.2 Å². The molecule has 0 aromatic heterocycles. The van der Waals surface area contributed by atoms with Gasteiger partial charge in [-0.3, -0.25) is 4.79 Å². The van der Waals surface area contributed by atoms with Gasteiger partial charge in [0.2, 0.25) is 0 Å². The number of benzene rings is 1. The van der Waals surface area contributed by atoms with E-state index < -0.39 is 11.6 Å². The molecule has 1 unspecified atom stereocenters. The van der Waals surface area contributed by atoms with Gasteiger partial charge in [0.1, 0.15) is 0 Å². The van der Waals surface area contributed by atoms with Crippen molar-refractivity contribution >= 4 is 11.7 Å². The summed E-state index contributed by atoms with van der Waals surface area (Å²) < 4.78 is 0. The van der Waals surface area contributed by atoms with E-state index in [1.165, 1.54) is 0 Å². The third-order valence-electron chi connectivity index (χ3n) is 3.23. The number of hydrogen-bond donors (Lipinski definition) is 2. The largest absolute Gasteiger partial charge is 0.481 e. The summed E-state index contributed by atoms with van der Waals surface area (Å²) in [6, 6.07) is 9.79. The molecule has 2 N–H and O–H groups in total. The van der Waals surface area contributed by atoms with Gasteiger partial charge in [-0.2, -0.15) is 0 Å². The zero-order valence-corrected chi connectivity index (χ0v) is 11.7. The van der Waals surface area contributed by atoms with E-state index in [4.69, 9.17) is 5.11 Å². The van der Waals surface area contributed by atoms with Crippen LogP contribution in [-0.4, -0.2) is 34.9 Å². The normalized spacial score (nSPS) is 13.8. The number of aliphatic hydroxyl groups is 1. The fourth-order valence-corrected chi connectivity index (χ4v) is 1.88. The van der Waals surface area contributed by atoms with Crippen molar-refractivity contribution in [3.63, 3.8) is 0 Å². The fourth-order valence-electron chi connectivity index (χ4n) is 1.88. The van der Waals surface area contributed by atoms with Crippen LogP contribution >= 0.6 is 0 Å². The van der Waals surface area contributed by atoms with Gasteiger partial charge in [-0.1, -0.05) is 25.1 Å². The maximum atomic E-state index is 10.6. The van der Waals surface area contributed by atoms with Gasteiger partial charge in [-0.05, 0) is 31.9 Å². The summed E-state index contributed by atoms with van der Waals surface area (Å²) in [5.41, 5.74) is 0.251. The molecule has 1 aromatic rings. The van der Waals surface area contributed by atoms with Gasteiger partial charge in [0.25, 0.3) is 0 Å². The molecule has 19 heavy (non-hydrogen) atoms. The van der Waals surface area contributed by atoms with E-state index in [1.54, 1.807) is 6.92 Å². The highest BCUT2D eigenvalue weighted by atomic mass is 16.4. The highest BCUT2D eigenvalue weighted by Crippen LogP contribution is 2.19. The molecule has 4 nitrogen and oxygen atoms in total. The fraction of sp³-hybridized carbons (Fsp3) is 0.533. The summed E-state index contributed by atoms with van der Waals surface area (Å²) in [5, 5.41) is 18.9. The van der Waals surface area contributed by atoms with Gasteiger partial charge >= 0.3 is 5.97 Å². The maximum absolute atomic E-state index is 10.6. The molecule has 0 saturated heterocycles. The van der Waals surface area contributed by atoms with Crippen molar-refractivity contribution in [3.8, 4) is 0 Å². The Morgan fingerprint density at radius 2 is 1.95 bits per heavy atom. The SMILES string of the molecule is CCC(C)(O)CN(CCCC(=O)O)c1ccccc1. The van der Waals surface area contributed by atoms with Gasteiger partial charge < -0.3 is 15.1 Å². The monoisotopic (exact) mass is 265 g/mol. The summed E-state index contributed by atoms with van der Waals surface area (Å²) in [5.74, 6) is -0.782. The first-order valence-corrected chi connectivity index (χ1v) is 6.69. The highest BCUT2D eigenvalue weighted by Gasteiger charge is 2.22. The molecule has 0 aliphatic heterocycles. The summed E-state index contributed by atoms with van der Waals surface area (Å²) in [4.78, 5) is 12.6. The van der Waals surface area contributed by atoms with Crippen LogP contribution in [0.5, 0.6) is 0 Å². The van der Waals surface area contributed by atoms with Crippen LogP contribution in [0.1, 0.15) is 33.1 Å². The number of carboxylic acids is 1. The van der Waals surface area contributed by atoms with E-state index in [0.29, 0.717) is 25.9 Å². The molecule has 0 bridgehead atoms. The lowest BCUT2D eigenvalue weighted by atomic mass is 10.0. The summed E-state index contributed by atoms with van der Waals surface area (Å²) in [6.07, 6.45) is 1.39. The van der Waals surface area contributed by atoms with Crippen LogP contribution in [0.2, 0.25) is 0 Å². The van der Waals surface area contributed by atoms with Gasteiger partial charge in [0.05, 0.1) is 5.60 Å². The Hall–Kier alpha value is -1.55. The predicted octanol–water partition coefficient (Wildman–Crippen LogP) is 2.52. The van der Waals surface area contributed by atoms with Crippen molar-refractivity contribution in [3.05, 3.63) is 30.3 Å². The Morgan fingerprint density at radius 3 is 2.47 bits per heavy atom. The van der Waals surface area contributed by atoms with Crippen LogP contribution in [0.3, 0.4) is 0 Å². The average Bonchev–Trinajstić information content (AvgIpc) is 2.38. The van der Waals surface area contributed by atoms with Crippen molar-refractivity contribution < 1.29 is 15.0 Å². The van der Waals surface area contributed by atoms with Crippen LogP contribution < -0.4 is 4.90 Å². The maximum Gasteiger partial charge on any atom is 0.303 e. The first-order chi connectivity index (χ1) is 8.94. The zero-order chi connectivity index (χ0) is 14.3. The smallest absolute Gasteiger partial charge is 0.303 e. The van der Waals surface area contributed by atoms with Crippen LogP contribution in [0.4, 0.5) is 5.69 Å². The van der Waals surface area contributed by atoms with Crippen molar-refractivity contribution in [1.29, 1.82) is 0 Å². The molecule has 0 saturated carbocycles. The summed E-state index contributed by atoms with van der Waals surface area (Å²) in [7, 11) is 0. The van der Waals surface area contributed by atoms with Crippen molar-refractivity contribution in [2.24, 2.45) is 0 Å². The number of nitrogens with zero attached hydrogens (tertiary/aromatic N) is 1. The van der Waals surface area contributed by atoms with E-state index in [0.717, 1.165) is 5.69 Å². The zero-order valence-electron chi connectivity index (χ0n) is 11.7. The molecule has 4 heteroatoms. The third-order valence-corrected chi connectivity index (χ3v) is 3.23. The second kappa shape index (κ2) is 7.14. The Bertz CT molecular complexity index is 390. The minimum absolute atomic E-state index is 0.150. The van der Waals surface area contributed by atoms with E-state index in [-0.39, 0.29) is 6.42 Å². The second-order valence-electron chi connectivity index (χ2n) is 5.10. The minimum atomic E-state index is -0.782.